The van der Waals surface area contributed by atoms with Crippen LogP contribution in [0.1, 0.15) is 86.0 Å². The molecule has 0 bridgehead atoms. The zero-order valence-electron chi connectivity index (χ0n) is 13.9. The fraction of sp³-hybridized carbons (Fsp3) is 1.00. The van der Waals surface area contributed by atoms with Crippen LogP contribution in [0.15, 0.2) is 0 Å². The van der Waals surface area contributed by atoms with Gasteiger partial charge < -0.3 is 5.32 Å². The van der Waals surface area contributed by atoms with E-state index in [1.807, 2.05) is 0 Å². The van der Waals surface area contributed by atoms with Crippen molar-refractivity contribution in [3.8, 4) is 0 Å². The van der Waals surface area contributed by atoms with Gasteiger partial charge in [-0.05, 0) is 48.9 Å². The molecular formula is C18H35N. The molecule has 0 aliphatic heterocycles. The summed E-state index contributed by atoms with van der Waals surface area (Å²) in [6, 6.07) is 1.55. The minimum absolute atomic E-state index is 0.461. The topological polar surface area (TPSA) is 12.0 Å². The first-order valence-corrected chi connectivity index (χ1v) is 8.54. The van der Waals surface area contributed by atoms with Crippen LogP contribution in [0.4, 0.5) is 0 Å². The van der Waals surface area contributed by atoms with E-state index in [4.69, 9.17) is 0 Å². The summed E-state index contributed by atoms with van der Waals surface area (Å²) >= 11 is 0. The van der Waals surface area contributed by atoms with E-state index in [2.05, 4.69) is 39.9 Å². The summed E-state index contributed by atoms with van der Waals surface area (Å²) in [7, 11) is 0. The molecule has 0 amide bonds. The Morgan fingerprint density at radius 2 is 1.63 bits per heavy atom. The Bertz CT molecular complexity index is 287. The van der Waals surface area contributed by atoms with Crippen LogP contribution in [-0.2, 0) is 0 Å². The van der Waals surface area contributed by atoms with E-state index in [-0.39, 0.29) is 0 Å². The van der Waals surface area contributed by atoms with Crippen LogP contribution in [0, 0.1) is 16.7 Å². The Morgan fingerprint density at radius 3 is 2.26 bits per heavy atom. The van der Waals surface area contributed by atoms with Crippen molar-refractivity contribution in [2.45, 2.75) is 98.1 Å². The third-order valence-electron chi connectivity index (χ3n) is 5.53. The summed E-state index contributed by atoms with van der Waals surface area (Å²) in [5.41, 5.74) is 1.02. The van der Waals surface area contributed by atoms with Crippen molar-refractivity contribution in [1.29, 1.82) is 0 Å². The second-order valence-corrected chi connectivity index (χ2v) is 8.99. The maximum atomic E-state index is 4.07. The molecule has 2 rings (SSSR count). The van der Waals surface area contributed by atoms with E-state index in [1.165, 1.54) is 51.4 Å². The Kier molecular flexibility index (Phi) is 4.65. The maximum absolute atomic E-state index is 4.07. The van der Waals surface area contributed by atoms with E-state index < -0.39 is 0 Å². The molecule has 112 valence electrons. The molecule has 1 N–H and O–H groups in total. The average molecular weight is 265 g/mol. The van der Waals surface area contributed by atoms with Crippen molar-refractivity contribution in [3.63, 3.8) is 0 Å². The van der Waals surface area contributed by atoms with Crippen molar-refractivity contribution in [3.05, 3.63) is 0 Å². The zero-order valence-corrected chi connectivity index (χ0v) is 13.9. The maximum Gasteiger partial charge on any atom is 0.0103 e. The molecule has 3 atom stereocenters. The highest BCUT2D eigenvalue weighted by molar-refractivity contribution is 4.92. The lowest BCUT2D eigenvalue weighted by Gasteiger charge is -2.44. The molecule has 2 aliphatic carbocycles. The number of hydrogen-bond donors (Lipinski definition) is 1. The lowest BCUT2D eigenvalue weighted by Crippen LogP contribution is -2.50. The first-order valence-electron chi connectivity index (χ1n) is 8.54. The van der Waals surface area contributed by atoms with E-state index in [0.717, 1.165) is 18.0 Å². The summed E-state index contributed by atoms with van der Waals surface area (Å²) in [6.45, 7) is 12.2. The summed E-state index contributed by atoms with van der Waals surface area (Å²) in [4.78, 5) is 0. The van der Waals surface area contributed by atoms with Gasteiger partial charge in [-0.3, -0.25) is 0 Å². The molecule has 1 heteroatoms. The van der Waals surface area contributed by atoms with Crippen molar-refractivity contribution in [2.24, 2.45) is 16.7 Å². The highest BCUT2D eigenvalue weighted by Crippen LogP contribution is 2.40. The van der Waals surface area contributed by atoms with Crippen molar-refractivity contribution in [1.82, 2.24) is 5.32 Å². The summed E-state index contributed by atoms with van der Waals surface area (Å²) in [5, 5.41) is 4.07. The van der Waals surface area contributed by atoms with Crippen molar-refractivity contribution in [2.75, 3.05) is 0 Å². The van der Waals surface area contributed by atoms with Gasteiger partial charge in [0.15, 0.2) is 0 Å². The molecule has 2 aliphatic rings. The minimum atomic E-state index is 0.461. The van der Waals surface area contributed by atoms with Gasteiger partial charge in [-0.25, -0.2) is 0 Å². The third kappa shape index (κ3) is 4.21. The molecular weight excluding hydrogens is 230 g/mol. The molecule has 0 aromatic heterocycles. The molecule has 2 saturated carbocycles. The Hall–Kier alpha value is -0.0400. The van der Waals surface area contributed by atoms with E-state index in [1.54, 1.807) is 0 Å². The first-order chi connectivity index (χ1) is 8.78. The van der Waals surface area contributed by atoms with Gasteiger partial charge in [0.1, 0.15) is 0 Å². The Balaban J connectivity index is 1.96. The molecule has 3 unspecified atom stereocenters. The monoisotopic (exact) mass is 265 g/mol. The highest BCUT2D eigenvalue weighted by atomic mass is 15.0. The van der Waals surface area contributed by atoms with Gasteiger partial charge in [0, 0.05) is 12.1 Å². The second kappa shape index (κ2) is 5.76. The Labute approximate surface area is 120 Å². The molecule has 0 aromatic carbocycles. The van der Waals surface area contributed by atoms with E-state index in [9.17, 15) is 0 Å². The van der Waals surface area contributed by atoms with E-state index >= 15 is 0 Å². The molecule has 19 heavy (non-hydrogen) atoms. The molecule has 0 saturated heterocycles. The average Bonchev–Trinajstić information content (AvgIpc) is 2.26. The highest BCUT2D eigenvalue weighted by Gasteiger charge is 2.36. The number of hydrogen-bond acceptors (Lipinski definition) is 1. The van der Waals surface area contributed by atoms with Gasteiger partial charge >= 0.3 is 0 Å². The van der Waals surface area contributed by atoms with Gasteiger partial charge in [-0.15, -0.1) is 0 Å². The van der Waals surface area contributed by atoms with Gasteiger partial charge in [-0.2, -0.15) is 0 Å². The molecule has 0 aromatic rings. The van der Waals surface area contributed by atoms with Crippen LogP contribution in [0.25, 0.3) is 0 Å². The standard InChI is InChI=1S/C18H35N/c1-17(2,3)15-10-6-7-11-16(15)19-14-9-8-12-18(4,5)13-14/h14-16,19H,6-13H2,1-5H3. The fourth-order valence-corrected chi connectivity index (χ4v) is 4.51. The Morgan fingerprint density at radius 1 is 0.947 bits per heavy atom. The second-order valence-electron chi connectivity index (χ2n) is 8.99. The van der Waals surface area contributed by atoms with Gasteiger partial charge in [0.2, 0.25) is 0 Å². The van der Waals surface area contributed by atoms with Gasteiger partial charge in [0.05, 0.1) is 0 Å². The molecule has 0 radical (unpaired) electrons. The van der Waals surface area contributed by atoms with Crippen molar-refractivity contribution >= 4 is 0 Å². The van der Waals surface area contributed by atoms with Gasteiger partial charge in [-0.1, -0.05) is 53.9 Å². The lowest BCUT2D eigenvalue weighted by atomic mass is 9.68. The number of rotatable bonds is 2. The van der Waals surface area contributed by atoms with Crippen LogP contribution in [-0.4, -0.2) is 12.1 Å². The largest absolute Gasteiger partial charge is 0.311 e. The molecule has 1 nitrogen and oxygen atoms in total. The van der Waals surface area contributed by atoms with Crippen LogP contribution >= 0.6 is 0 Å². The third-order valence-corrected chi connectivity index (χ3v) is 5.53. The fourth-order valence-electron chi connectivity index (χ4n) is 4.51. The summed E-state index contributed by atoms with van der Waals surface area (Å²) in [5.74, 6) is 0.867. The summed E-state index contributed by atoms with van der Waals surface area (Å²) < 4.78 is 0. The van der Waals surface area contributed by atoms with Crippen LogP contribution in [0.2, 0.25) is 0 Å². The van der Waals surface area contributed by atoms with Gasteiger partial charge in [0.25, 0.3) is 0 Å². The molecule has 2 fully saturated rings. The zero-order chi connectivity index (χ0) is 14.1. The predicted octanol–water partition coefficient (Wildman–Crippen LogP) is 5.15. The van der Waals surface area contributed by atoms with Crippen molar-refractivity contribution < 1.29 is 0 Å². The normalized spacial score (nSPS) is 36.2. The smallest absolute Gasteiger partial charge is 0.0103 e. The quantitative estimate of drug-likeness (QED) is 0.728. The minimum Gasteiger partial charge on any atom is -0.311 e. The predicted molar refractivity (Wildman–Crippen MR) is 84.4 cm³/mol. The lowest BCUT2D eigenvalue weighted by molar-refractivity contribution is 0.103. The molecule has 0 heterocycles. The first kappa shape index (κ1) is 15.4. The van der Waals surface area contributed by atoms with E-state index in [0.29, 0.717) is 10.8 Å². The van der Waals surface area contributed by atoms with Crippen LogP contribution in [0.3, 0.4) is 0 Å². The summed E-state index contributed by atoms with van der Waals surface area (Å²) in [6.07, 6.45) is 11.3. The van der Waals surface area contributed by atoms with Crippen LogP contribution < -0.4 is 5.32 Å². The SMILES string of the molecule is CC1(C)CCCC(NC2CCCCC2C(C)(C)C)C1. The number of nitrogens with one attached hydrogen (secondary N) is 1. The van der Waals surface area contributed by atoms with Crippen LogP contribution in [0.5, 0.6) is 0 Å². The molecule has 0 spiro atoms.